The summed E-state index contributed by atoms with van der Waals surface area (Å²) in [4.78, 5) is 11.5. The van der Waals surface area contributed by atoms with Crippen LogP contribution in [0.1, 0.15) is 37.5 Å². The summed E-state index contributed by atoms with van der Waals surface area (Å²) in [5, 5.41) is 5.70. The predicted molar refractivity (Wildman–Crippen MR) is 145 cm³/mol. The third-order valence-electron chi connectivity index (χ3n) is 6.29. The molecule has 0 radical (unpaired) electrons. The number of nitrogens with one attached hydrogen (secondary N) is 1. The maximum Gasteiger partial charge on any atom is 0.193 e. The van der Waals surface area contributed by atoms with Crippen molar-refractivity contribution >= 4 is 41.3 Å². The van der Waals surface area contributed by atoms with Crippen LogP contribution >= 0.6 is 35.3 Å². The van der Waals surface area contributed by atoms with Crippen molar-refractivity contribution in [2.24, 2.45) is 10.9 Å². The number of likely N-dealkylation sites (tertiary alicyclic amines) is 2. The first-order valence-corrected chi connectivity index (χ1v) is 12.7. The second-order valence-electron chi connectivity index (χ2n) is 8.61. The number of aliphatic imine (C=N–C) groups is 1. The van der Waals surface area contributed by atoms with Gasteiger partial charge < -0.3 is 15.0 Å². The average Bonchev–Trinajstić information content (AvgIpc) is 3.32. The largest absolute Gasteiger partial charge is 0.490 e. The zero-order valence-corrected chi connectivity index (χ0v) is 22.3. The van der Waals surface area contributed by atoms with Gasteiger partial charge in [-0.1, -0.05) is 24.3 Å². The van der Waals surface area contributed by atoms with Crippen molar-refractivity contribution in [2.75, 3.05) is 39.3 Å². The minimum Gasteiger partial charge on any atom is -0.490 e. The summed E-state index contributed by atoms with van der Waals surface area (Å²) in [6, 6.07) is 14.6. The Morgan fingerprint density at radius 1 is 1.03 bits per heavy atom. The molecule has 0 saturated carbocycles. The SMILES string of the molecule is CCNC(=NCC1CCN(Cc2cccs2)CC1)N1CCC(Oc2ccccc2)CC1.I. The van der Waals surface area contributed by atoms with Gasteiger partial charge in [0.15, 0.2) is 5.96 Å². The molecule has 2 saturated heterocycles. The molecule has 2 fully saturated rings. The summed E-state index contributed by atoms with van der Waals surface area (Å²) in [6.07, 6.45) is 4.89. The van der Waals surface area contributed by atoms with Crippen LogP contribution in [0, 0.1) is 5.92 Å². The Morgan fingerprint density at radius 3 is 2.44 bits per heavy atom. The maximum absolute atomic E-state index is 6.16. The van der Waals surface area contributed by atoms with E-state index >= 15 is 0 Å². The predicted octanol–water partition coefficient (Wildman–Crippen LogP) is 5.09. The zero-order valence-electron chi connectivity index (χ0n) is 19.1. The van der Waals surface area contributed by atoms with Crippen molar-refractivity contribution in [3.63, 3.8) is 0 Å². The Balaban J connectivity index is 0.00000289. The molecule has 2 aliphatic heterocycles. The Kier molecular flexibility index (Phi) is 10.6. The Hall–Kier alpha value is -1.32. The molecule has 3 heterocycles. The highest BCUT2D eigenvalue weighted by Gasteiger charge is 2.24. The highest BCUT2D eigenvalue weighted by atomic mass is 127. The van der Waals surface area contributed by atoms with Gasteiger partial charge in [-0.2, -0.15) is 0 Å². The van der Waals surface area contributed by atoms with Gasteiger partial charge in [0.1, 0.15) is 11.9 Å². The van der Waals surface area contributed by atoms with Crippen molar-refractivity contribution in [1.82, 2.24) is 15.1 Å². The molecule has 0 spiro atoms. The van der Waals surface area contributed by atoms with Gasteiger partial charge in [0.2, 0.25) is 0 Å². The van der Waals surface area contributed by atoms with Crippen LogP contribution < -0.4 is 10.1 Å². The van der Waals surface area contributed by atoms with E-state index in [-0.39, 0.29) is 24.0 Å². The van der Waals surface area contributed by atoms with Crippen LogP contribution in [0.4, 0.5) is 0 Å². The van der Waals surface area contributed by atoms with Crippen molar-refractivity contribution in [1.29, 1.82) is 0 Å². The lowest BCUT2D eigenvalue weighted by Gasteiger charge is -2.35. The third kappa shape index (κ3) is 7.63. The van der Waals surface area contributed by atoms with Gasteiger partial charge in [-0.25, -0.2) is 0 Å². The van der Waals surface area contributed by atoms with E-state index in [2.05, 4.69) is 39.6 Å². The number of guanidine groups is 1. The monoisotopic (exact) mass is 568 g/mol. The Bertz CT molecular complexity index is 786. The second-order valence-corrected chi connectivity index (χ2v) is 9.64. The number of hydrogen-bond acceptors (Lipinski definition) is 4. The van der Waals surface area contributed by atoms with Crippen molar-refractivity contribution in [3.05, 3.63) is 52.7 Å². The van der Waals surface area contributed by atoms with Crippen molar-refractivity contribution in [3.8, 4) is 5.75 Å². The summed E-state index contributed by atoms with van der Waals surface area (Å²) in [5.74, 6) is 2.76. The molecule has 0 atom stereocenters. The average molecular weight is 569 g/mol. The standard InChI is InChI=1S/C25H36N4OS.HI/c1-2-26-25(29-16-12-23(13-17-29)30-22-7-4-3-5-8-22)27-19-21-10-14-28(15-11-21)20-24-9-6-18-31-24;/h3-9,18,21,23H,2,10-17,19-20H2,1H3,(H,26,27);1H. The lowest BCUT2D eigenvalue weighted by atomic mass is 9.97. The molecule has 0 bridgehead atoms. The van der Waals surface area contributed by atoms with Gasteiger partial charge in [0, 0.05) is 50.4 Å². The number of thiophene rings is 1. The number of ether oxygens (including phenoxy) is 1. The van der Waals surface area contributed by atoms with E-state index in [9.17, 15) is 0 Å². The number of piperidine rings is 2. The number of benzene rings is 1. The number of halogens is 1. The van der Waals surface area contributed by atoms with Gasteiger partial charge >= 0.3 is 0 Å². The third-order valence-corrected chi connectivity index (χ3v) is 7.15. The molecule has 1 N–H and O–H groups in total. The molecule has 32 heavy (non-hydrogen) atoms. The summed E-state index contributed by atoms with van der Waals surface area (Å²) in [5.41, 5.74) is 0. The van der Waals surface area contributed by atoms with Gasteiger partial charge in [0.05, 0.1) is 0 Å². The molecule has 7 heteroatoms. The fraction of sp³-hybridized carbons (Fsp3) is 0.560. The van der Waals surface area contributed by atoms with E-state index in [4.69, 9.17) is 9.73 Å². The molecular formula is C25H37IN4OS. The molecule has 0 unspecified atom stereocenters. The molecule has 2 aromatic rings. The van der Waals surface area contributed by atoms with Crippen LogP contribution in [0.3, 0.4) is 0 Å². The van der Waals surface area contributed by atoms with Crippen LogP contribution in [-0.4, -0.2) is 61.1 Å². The van der Waals surface area contributed by atoms with Gasteiger partial charge in [-0.3, -0.25) is 9.89 Å². The first-order valence-electron chi connectivity index (χ1n) is 11.8. The fourth-order valence-corrected chi connectivity index (χ4v) is 5.21. The highest BCUT2D eigenvalue weighted by molar-refractivity contribution is 14.0. The topological polar surface area (TPSA) is 40.1 Å². The van der Waals surface area contributed by atoms with E-state index in [1.54, 1.807) is 0 Å². The molecule has 5 nitrogen and oxygen atoms in total. The fourth-order valence-electron chi connectivity index (χ4n) is 4.47. The molecule has 1 aromatic heterocycles. The van der Waals surface area contributed by atoms with Crippen LogP contribution in [0.5, 0.6) is 5.75 Å². The van der Waals surface area contributed by atoms with Crippen molar-refractivity contribution in [2.45, 2.75) is 45.3 Å². The van der Waals surface area contributed by atoms with Crippen molar-refractivity contribution < 1.29 is 4.74 Å². The smallest absolute Gasteiger partial charge is 0.193 e. The summed E-state index contributed by atoms with van der Waals surface area (Å²) in [6.45, 7) is 9.51. The van der Waals surface area contributed by atoms with Crippen LogP contribution in [0.25, 0.3) is 0 Å². The minimum atomic E-state index is 0. The molecular weight excluding hydrogens is 531 g/mol. The number of hydrogen-bond donors (Lipinski definition) is 1. The number of nitrogens with zero attached hydrogens (tertiary/aromatic N) is 3. The summed E-state index contributed by atoms with van der Waals surface area (Å²) in [7, 11) is 0. The van der Waals surface area contributed by atoms with Gasteiger partial charge in [-0.15, -0.1) is 35.3 Å². The van der Waals surface area contributed by atoms with E-state index in [1.165, 1.54) is 30.8 Å². The van der Waals surface area contributed by atoms with E-state index in [0.29, 0.717) is 12.0 Å². The zero-order chi connectivity index (χ0) is 21.3. The van der Waals surface area contributed by atoms with Gasteiger partial charge in [-0.05, 0) is 62.4 Å². The molecule has 4 rings (SSSR count). The van der Waals surface area contributed by atoms with Crippen LogP contribution in [-0.2, 0) is 6.54 Å². The first kappa shape index (κ1) is 25.3. The lowest BCUT2D eigenvalue weighted by Crippen LogP contribution is -2.47. The van der Waals surface area contributed by atoms with E-state index in [0.717, 1.165) is 57.3 Å². The minimum absolute atomic E-state index is 0. The summed E-state index contributed by atoms with van der Waals surface area (Å²) >= 11 is 1.87. The number of para-hydroxylation sites is 1. The molecule has 2 aliphatic rings. The Labute approximate surface area is 214 Å². The normalized spacial score (nSPS) is 18.9. The molecule has 0 amide bonds. The molecule has 1 aromatic carbocycles. The number of rotatable bonds is 7. The lowest BCUT2D eigenvalue weighted by molar-refractivity contribution is 0.129. The van der Waals surface area contributed by atoms with Gasteiger partial charge in [0.25, 0.3) is 0 Å². The second kappa shape index (κ2) is 13.4. The summed E-state index contributed by atoms with van der Waals surface area (Å²) < 4.78 is 6.16. The van der Waals surface area contributed by atoms with E-state index < -0.39 is 0 Å². The first-order chi connectivity index (χ1) is 15.3. The Morgan fingerprint density at radius 2 is 1.78 bits per heavy atom. The van der Waals surface area contributed by atoms with Crippen LogP contribution in [0.2, 0.25) is 0 Å². The quantitative estimate of drug-likeness (QED) is 0.287. The van der Waals surface area contributed by atoms with E-state index in [1.807, 2.05) is 41.7 Å². The maximum atomic E-state index is 6.16. The molecule has 0 aliphatic carbocycles. The molecule has 176 valence electrons. The highest BCUT2D eigenvalue weighted by Crippen LogP contribution is 2.22. The van der Waals surface area contributed by atoms with Crippen LogP contribution in [0.15, 0.2) is 52.8 Å².